The second-order valence-corrected chi connectivity index (χ2v) is 3.29. The third kappa shape index (κ3) is 1.99. The van der Waals surface area contributed by atoms with Crippen LogP contribution < -0.4 is 0 Å². The van der Waals surface area contributed by atoms with Crippen LogP contribution in [0.2, 0.25) is 0 Å². The van der Waals surface area contributed by atoms with Gasteiger partial charge in [-0.05, 0) is 29.5 Å². The van der Waals surface area contributed by atoms with Gasteiger partial charge in [0.15, 0.2) is 5.82 Å². The maximum Gasteiger partial charge on any atom is 0.340 e. The molecule has 0 spiro atoms. The molecule has 88 valence electrons. The van der Waals surface area contributed by atoms with Gasteiger partial charge in [-0.3, -0.25) is 0 Å². The van der Waals surface area contributed by atoms with Crippen LogP contribution in [-0.2, 0) is 4.74 Å². The number of rotatable bonds is 2. The SMILES string of the molecule is COC(=O)c1ccc(-n2nnnc2C)cc1F. The fraction of sp³-hybridized carbons (Fsp3) is 0.200. The van der Waals surface area contributed by atoms with Crippen LogP contribution in [0, 0.1) is 12.7 Å². The van der Waals surface area contributed by atoms with E-state index in [1.54, 1.807) is 13.0 Å². The summed E-state index contributed by atoms with van der Waals surface area (Å²) < 4.78 is 19.4. The number of esters is 1. The Balaban J connectivity index is 2.44. The normalized spacial score (nSPS) is 10.3. The number of tetrazole rings is 1. The average molecular weight is 236 g/mol. The van der Waals surface area contributed by atoms with Crippen molar-refractivity contribution in [1.29, 1.82) is 0 Å². The van der Waals surface area contributed by atoms with Crippen LogP contribution in [0.3, 0.4) is 0 Å². The Morgan fingerprint density at radius 3 is 2.76 bits per heavy atom. The predicted molar refractivity (Wildman–Crippen MR) is 55.2 cm³/mol. The van der Waals surface area contributed by atoms with E-state index in [0.717, 1.165) is 0 Å². The Morgan fingerprint density at radius 2 is 2.24 bits per heavy atom. The lowest BCUT2D eigenvalue weighted by molar-refractivity contribution is 0.0595. The van der Waals surface area contributed by atoms with E-state index in [4.69, 9.17) is 0 Å². The van der Waals surface area contributed by atoms with Crippen LogP contribution in [-0.4, -0.2) is 33.3 Å². The zero-order valence-electron chi connectivity index (χ0n) is 9.22. The average Bonchev–Trinajstić information content (AvgIpc) is 2.74. The zero-order chi connectivity index (χ0) is 12.4. The van der Waals surface area contributed by atoms with E-state index >= 15 is 0 Å². The first-order chi connectivity index (χ1) is 8.13. The van der Waals surface area contributed by atoms with Gasteiger partial charge in [0, 0.05) is 6.07 Å². The molecule has 1 aromatic carbocycles. The molecule has 1 heterocycles. The second-order valence-electron chi connectivity index (χ2n) is 3.29. The third-order valence-corrected chi connectivity index (χ3v) is 2.23. The van der Waals surface area contributed by atoms with E-state index in [2.05, 4.69) is 20.3 Å². The number of methoxy groups -OCH3 is 1. The molecule has 6 nitrogen and oxygen atoms in total. The van der Waals surface area contributed by atoms with E-state index in [1.807, 2.05) is 0 Å². The maximum atomic E-state index is 13.6. The number of halogens is 1. The number of aromatic nitrogens is 4. The first kappa shape index (κ1) is 11.2. The minimum atomic E-state index is -0.720. The largest absolute Gasteiger partial charge is 0.465 e. The van der Waals surface area contributed by atoms with Crippen molar-refractivity contribution in [2.75, 3.05) is 7.11 Å². The van der Waals surface area contributed by atoms with Crippen molar-refractivity contribution in [3.63, 3.8) is 0 Å². The Kier molecular flexibility index (Phi) is 2.82. The highest BCUT2D eigenvalue weighted by atomic mass is 19.1. The van der Waals surface area contributed by atoms with E-state index < -0.39 is 11.8 Å². The number of hydrogen-bond donors (Lipinski definition) is 0. The quantitative estimate of drug-likeness (QED) is 0.724. The lowest BCUT2D eigenvalue weighted by atomic mass is 10.2. The zero-order valence-corrected chi connectivity index (χ0v) is 9.22. The molecule has 0 amide bonds. The number of nitrogens with zero attached hydrogens (tertiary/aromatic N) is 4. The standard InChI is InChI=1S/C10H9FN4O2/c1-6-12-13-14-15(6)7-3-4-8(9(11)5-7)10(16)17-2/h3-5H,1-2H3. The molecule has 0 fully saturated rings. The minimum absolute atomic E-state index is 0.123. The molecule has 0 unspecified atom stereocenters. The maximum absolute atomic E-state index is 13.6. The Hall–Kier alpha value is -2.31. The number of carbonyl (C=O) groups is 1. The second kappa shape index (κ2) is 4.28. The molecular formula is C10H9FN4O2. The monoisotopic (exact) mass is 236 g/mol. The molecular weight excluding hydrogens is 227 g/mol. The van der Waals surface area contributed by atoms with Gasteiger partial charge in [-0.1, -0.05) is 0 Å². The smallest absolute Gasteiger partial charge is 0.340 e. The summed E-state index contributed by atoms with van der Waals surface area (Å²) in [7, 11) is 1.20. The van der Waals surface area contributed by atoms with Gasteiger partial charge in [-0.15, -0.1) is 5.10 Å². The van der Waals surface area contributed by atoms with Crippen molar-refractivity contribution in [2.45, 2.75) is 6.92 Å². The van der Waals surface area contributed by atoms with Crippen molar-refractivity contribution in [2.24, 2.45) is 0 Å². The van der Waals surface area contributed by atoms with Gasteiger partial charge in [-0.25, -0.2) is 9.18 Å². The summed E-state index contributed by atoms with van der Waals surface area (Å²) in [5, 5.41) is 10.8. The van der Waals surface area contributed by atoms with Crippen molar-refractivity contribution in [3.05, 3.63) is 35.4 Å². The molecule has 0 saturated carbocycles. The highest BCUT2D eigenvalue weighted by molar-refractivity contribution is 5.89. The van der Waals surface area contributed by atoms with Gasteiger partial charge in [0.05, 0.1) is 18.4 Å². The fourth-order valence-corrected chi connectivity index (χ4v) is 1.38. The molecule has 0 aliphatic carbocycles. The van der Waals surface area contributed by atoms with Crippen molar-refractivity contribution < 1.29 is 13.9 Å². The first-order valence-corrected chi connectivity index (χ1v) is 4.76. The third-order valence-electron chi connectivity index (χ3n) is 2.23. The Bertz CT molecular complexity index is 567. The van der Waals surface area contributed by atoms with Crippen LogP contribution >= 0.6 is 0 Å². The van der Waals surface area contributed by atoms with Gasteiger partial charge < -0.3 is 4.74 Å². The molecule has 0 radical (unpaired) electrons. The Labute approximate surface area is 96.0 Å². The molecule has 0 bridgehead atoms. The van der Waals surface area contributed by atoms with Crippen LogP contribution in [0.25, 0.3) is 5.69 Å². The van der Waals surface area contributed by atoms with Crippen molar-refractivity contribution in [1.82, 2.24) is 20.2 Å². The van der Waals surface area contributed by atoms with Gasteiger partial charge >= 0.3 is 5.97 Å². The molecule has 2 aromatic rings. The lowest BCUT2D eigenvalue weighted by Crippen LogP contribution is -2.06. The highest BCUT2D eigenvalue weighted by Gasteiger charge is 2.14. The summed E-state index contributed by atoms with van der Waals surface area (Å²) in [4.78, 5) is 11.2. The van der Waals surface area contributed by atoms with E-state index in [0.29, 0.717) is 11.5 Å². The molecule has 0 saturated heterocycles. The number of aryl methyl sites for hydroxylation is 1. The molecule has 2 rings (SSSR count). The number of hydrogen-bond acceptors (Lipinski definition) is 5. The molecule has 0 aliphatic rings. The predicted octanol–water partition coefficient (Wildman–Crippen LogP) is 0.896. The van der Waals surface area contributed by atoms with Crippen molar-refractivity contribution >= 4 is 5.97 Å². The number of carbonyl (C=O) groups excluding carboxylic acids is 1. The van der Waals surface area contributed by atoms with Crippen LogP contribution in [0.4, 0.5) is 4.39 Å². The van der Waals surface area contributed by atoms with Gasteiger partial charge in [0.1, 0.15) is 5.82 Å². The van der Waals surface area contributed by atoms with Gasteiger partial charge in [-0.2, -0.15) is 4.68 Å². The summed E-state index contributed by atoms with van der Waals surface area (Å²) >= 11 is 0. The summed E-state index contributed by atoms with van der Waals surface area (Å²) in [6.45, 7) is 1.69. The van der Waals surface area contributed by atoms with Crippen LogP contribution in [0.15, 0.2) is 18.2 Å². The minimum Gasteiger partial charge on any atom is -0.465 e. The highest BCUT2D eigenvalue weighted by Crippen LogP contribution is 2.14. The molecule has 0 N–H and O–H groups in total. The summed E-state index contributed by atoms with van der Waals surface area (Å²) in [5.41, 5.74) is 0.319. The summed E-state index contributed by atoms with van der Waals surface area (Å²) in [6, 6.07) is 4.05. The summed E-state index contributed by atoms with van der Waals surface area (Å²) in [5.74, 6) is -0.873. The van der Waals surface area contributed by atoms with Crippen molar-refractivity contribution in [3.8, 4) is 5.69 Å². The van der Waals surface area contributed by atoms with Gasteiger partial charge in [0.2, 0.25) is 0 Å². The molecule has 7 heteroatoms. The first-order valence-electron chi connectivity index (χ1n) is 4.76. The van der Waals surface area contributed by atoms with E-state index in [-0.39, 0.29) is 5.56 Å². The number of ether oxygens (including phenoxy) is 1. The molecule has 1 aromatic heterocycles. The lowest BCUT2D eigenvalue weighted by Gasteiger charge is -2.04. The molecule has 17 heavy (non-hydrogen) atoms. The molecule has 0 atom stereocenters. The van der Waals surface area contributed by atoms with Crippen LogP contribution in [0.1, 0.15) is 16.2 Å². The Morgan fingerprint density at radius 1 is 1.47 bits per heavy atom. The van der Waals surface area contributed by atoms with Crippen LogP contribution in [0.5, 0.6) is 0 Å². The summed E-state index contributed by atoms with van der Waals surface area (Å²) in [6.07, 6.45) is 0. The van der Waals surface area contributed by atoms with E-state index in [1.165, 1.54) is 23.9 Å². The molecule has 0 aliphatic heterocycles. The van der Waals surface area contributed by atoms with Gasteiger partial charge in [0.25, 0.3) is 0 Å². The number of benzene rings is 1. The fourth-order valence-electron chi connectivity index (χ4n) is 1.38. The van der Waals surface area contributed by atoms with E-state index in [9.17, 15) is 9.18 Å². The topological polar surface area (TPSA) is 69.9 Å².